The van der Waals surface area contributed by atoms with E-state index in [1.807, 2.05) is 25.1 Å². The van der Waals surface area contributed by atoms with Crippen LogP contribution in [-0.2, 0) is 13.0 Å². The number of aromatic nitrogens is 1. The van der Waals surface area contributed by atoms with Gasteiger partial charge >= 0.3 is 0 Å². The Morgan fingerprint density at radius 1 is 1.29 bits per heavy atom. The molecule has 108 valence electrons. The van der Waals surface area contributed by atoms with Crippen LogP contribution in [0.3, 0.4) is 0 Å². The minimum Gasteiger partial charge on any atom is -0.365 e. The number of carbonyl (C=O) groups is 1. The van der Waals surface area contributed by atoms with E-state index in [9.17, 15) is 4.79 Å². The summed E-state index contributed by atoms with van der Waals surface area (Å²) < 4.78 is 0. The van der Waals surface area contributed by atoms with Gasteiger partial charge in [0.05, 0.1) is 12.2 Å². The van der Waals surface area contributed by atoms with Crippen molar-refractivity contribution < 1.29 is 4.79 Å². The van der Waals surface area contributed by atoms with Gasteiger partial charge < -0.3 is 4.90 Å². The number of aryl methyl sites for hydroxylation is 2. The Labute approximate surface area is 125 Å². The average Bonchev–Trinajstić information content (AvgIpc) is 2.47. The van der Waals surface area contributed by atoms with Gasteiger partial charge in [-0.05, 0) is 62.6 Å². The molecular weight excluding hydrogens is 260 g/mol. The number of ketones is 1. The smallest absolute Gasteiger partial charge is 0.159 e. The quantitative estimate of drug-likeness (QED) is 0.806. The van der Waals surface area contributed by atoms with Gasteiger partial charge in [0.15, 0.2) is 5.78 Å². The molecule has 1 aliphatic rings. The summed E-state index contributed by atoms with van der Waals surface area (Å²) in [6, 6.07) is 12.2. The fourth-order valence-corrected chi connectivity index (χ4v) is 2.94. The van der Waals surface area contributed by atoms with Crippen LogP contribution in [0.2, 0.25) is 0 Å². The van der Waals surface area contributed by atoms with Crippen LogP contribution in [0.15, 0.2) is 36.4 Å². The Morgan fingerprint density at radius 3 is 2.90 bits per heavy atom. The maximum atomic E-state index is 11.5. The van der Waals surface area contributed by atoms with E-state index in [0.29, 0.717) is 0 Å². The standard InChI is InChI=1S/C18H20N2O/c1-13-5-3-7-17(19-13)12-20-10-4-6-16-11-15(14(2)21)8-9-18(16)20/h3,5,7-9,11H,4,6,10,12H2,1-2H3. The molecule has 3 nitrogen and oxygen atoms in total. The van der Waals surface area contributed by atoms with Gasteiger partial charge in [0.1, 0.15) is 0 Å². The van der Waals surface area contributed by atoms with Crippen molar-refractivity contribution in [3.63, 3.8) is 0 Å². The van der Waals surface area contributed by atoms with Crippen LogP contribution in [0, 0.1) is 6.92 Å². The summed E-state index contributed by atoms with van der Waals surface area (Å²) in [7, 11) is 0. The number of hydrogen-bond donors (Lipinski definition) is 0. The molecule has 0 fully saturated rings. The fraction of sp³-hybridized carbons (Fsp3) is 0.333. The number of anilines is 1. The molecule has 0 atom stereocenters. The van der Waals surface area contributed by atoms with E-state index < -0.39 is 0 Å². The Morgan fingerprint density at radius 2 is 2.14 bits per heavy atom. The summed E-state index contributed by atoms with van der Waals surface area (Å²) in [4.78, 5) is 18.5. The van der Waals surface area contributed by atoms with Gasteiger partial charge in [-0.3, -0.25) is 9.78 Å². The predicted molar refractivity (Wildman–Crippen MR) is 84.8 cm³/mol. The molecule has 2 heterocycles. The highest BCUT2D eigenvalue weighted by atomic mass is 16.1. The van der Waals surface area contributed by atoms with Gasteiger partial charge in [0.25, 0.3) is 0 Å². The number of carbonyl (C=O) groups excluding carboxylic acids is 1. The predicted octanol–water partition coefficient (Wildman–Crippen LogP) is 3.55. The Kier molecular flexibility index (Phi) is 3.74. The van der Waals surface area contributed by atoms with Crippen LogP contribution in [0.1, 0.15) is 40.7 Å². The normalized spacial score (nSPS) is 13.9. The second-order valence-corrected chi connectivity index (χ2v) is 5.70. The molecule has 3 rings (SSSR count). The highest BCUT2D eigenvalue weighted by molar-refractivity contribution is 5.94. The molecule has 3 heteroatoms. The van der Waals surface area contributed by atoms with E-state index in [0.717, 1.165) is 42.9 Å². The zero-order chi connectivity index (χ0) is 14.8. The zero-order valence-electron chi connectivity index (χ0n) is 12.6. The number of Topliss-reactive ketones (excluding diaryl/α,β-unsaturated/α-hetero) is 1. The first-order chi connectivity index (χ1) is 10.1. The lowest BCUT2D eigenvalue weighted by molar-refractivity contribution is 0.101. The first-order valence-electron chi connectivity index (χ1n) is 7.45. The molecule has 21 heavy (non-hydrogen) atoms. The van der Waals surface area contributed by atoms with E-state index in [1.54, 1.807) is 6.92 Å². The van der Waals surface area contributed by atoms with Crippen LogP contribution in [0.5, 0.6) is 0 Å². The van der Waals surface area contributed by atoms with Crippen molar-refractivity contribution in [3.8, 4) is 0 Å². The molecule has 0 radical (unpaired) electrons. The van der Waals surface area contributed by atoms with E-state index in [-0.39, 0.29) is 5.78 Å². The maximum Gasteiger partial charge on any atom is 0.159 e. The van der Waals surface area contributed by atoms with Crippen LogP contribution in [-0.4, -0.2) is 17.3 Å². The van der Waals surface area contributed by atoms with E-state index >= 15 is 0 Å². The second kappa shape index (κ2) is 5.68. The van der Waals surface area contributed by atoms with Gasteiger partial charge in [-0.1, -0.05) is 6.07 Å². The highest BCUT2D eigenvalue weighted by Gasteiger charge is 2.18. The molecule has 0 spiro atoms. The van der Waals surface area contributed by atoms with Gasteiger partial charge in [-0.2, -0.15) is 0 Å². The van der Waals surface area contributed by atoms with E-state index in [4.69, 9.17) is 0 Å². The molecule has 0 amide bonds. The van der Waals surface area contributed by atoms with Crippen molar-refractivity contribution in [1.29, 1.82) is 0 Å². The van der Waals surface area contributed by atoms with Crippen molar-refractivity contribution in [3.05, 3.63) is 58.9 Å². The SMILES string of the molecule is CC(=O)c1ccc2c(c1)CCCN2Cc1cccc(C)n1. The van der Waals surface area contributed by atoms with Crippen LogP contribution in [0.25, 0.3) is 0 Å². The third-order valence-electron chi connectivity index (χ3n) is 4.00. The van der Waals surface area contributed by atoms with Crippen molar-refractivity contribution in [2.24, 2.45) is 0 Å². The first kappa shape index (κ1) is 13.8. The maximum absolute atomic E-state index is 11.5. The minimum atomic E-state index is 0.135. The summed E-state index contributed by atoms with van der Waals surface area (Å²) in [5.74, 6) is 0.135. The van der Waals surface area contributed by atoms with Crippen molar-refractivity contribution in [2.75, 3.05) is 11.4 Å². The van der Waals surface area contributed by atoms with Gasteiger partial charge in [-0.15, -0.1) is 0 Å². The van der Waals surface area contributed by atoms with Crippen molar-refractivity contribution >= 4 is 11.5 Å². The van der Waals surface area contributed by atoms with Gasteiger partial charge in [-0.25, -0.2) is 0 Å². The topological polar surface area (TPSA) is 33.2 Å². The molecule has 1 aromatic carbocycles. The molecule has 0 saturated carbocycles. The molecule has 2 aromatic rings. The first-order valence-corrected chi connectivity index (χ1v) is 7.45. The molecule has 1 aromatic heterocycles. The lowest BCUT2D eigenvalue weighted by Crippen LogP contribution is -2.29. The molecule has 0 saturated heterocycles. The summed E-state index contributed by atoms with van der Waals surface area (Å²) in [5.41, 5.74) is 5.48. The van der Waals surface area contributed by atoms with Crippen LogP contribution < -0.4 is 4.90 Å². The number of fused-ring (bicyclic) bond motifs is 1. The van der Waals surface area contributed by atoms with Crippen molar-refractivity contribution in [2.45, 2.75) is 33.2 Å². The van der Waals surface area contributed by atoms with E-state index in [2.05, 4.69) is 28.1 Å². The number of nitrogens with zero attached hydrogens (tertiary/aromatic N) is 2. The third-order valence-corrected chi connectivity index (χ3v) is 4.00. The summed E-state index contributed by atoms with van der Waals surface area (Å²) in [5, 5.41) is 0. The Bertz CT molecular complexity index is 679. The number of hydrogen-bond acceptors (Lipinski definition) is 3. The second-order valence-electron chi connectivity index (χ2n) is 5.70. The Hall–Kier alpha value is -2.16. The molecule has 0 aliphatic carbocycles. The fourth-order valence-electron chi connectivity index (χ4n) is 2.94. The third kappa shape index (κ3) is 2.97. The molecule has 0 unspecified atom stereocenters. The lowest BCUT2D eigenvalue weighted by Gasteiger charge is -2.31. The highest BCUT2D eigenvalue weighted by Crippen LogP contribution is 2.29. The molecule has 0 N–H and O–H groups in total. The summed E-state index contributed by atoms with van der Waals surface area (Å²) in [6.07, 6.45) is 2.17. The van der Waals surface area contributed by atoms with Gasteiger partial charge in [0, 0.05) is 23.5 Å². The largest absolute Gasteiger partial charge is 0.365 e. The monoisotopic (exact) mass is 280 g/mol. The molecule has 1 aliphatic heterocycles. The minimum absolute atomic E-state index is 0.135. The summed E-state index contributed by atoms with van der Waals surface area (Å²) >= 11 is 0. The number of rotatable bonds is 3. The summed E-state index contributed by atoms with van der Waals surface area (Å²) in [6.45, 7) is 5.52. The average molecular weight is 280 g/mol. The number of benzene rings is 1. The number of pyridine rings is 1. The van der Waals surface area contributed by atoms with Gasteiger partial charge in [0.2, 0.25) is 0 Å². The van der Waals surface area contributed by atoms with Crippen LogP contribution in [0.4, 0.5) is 5.69 Å². The Balaban J connectivity index is 1.88. The van der Waals surface area contributed by atoms with E-state index in [1.165, 1.54) is 11.3 Å². The lowest BCUT2D eigenvalue weighted by atomic mass is 9.98. The van der Waals surface area contributed by atoms with Crippen molar-refractivity contribution in [1.82, 2.24) is 4.98 Å². The molecular formula is C18H20N2O. The van der Waals surface area contributed by atoms with Crippen LogP contribution >= 0.6 is 0 Å². The molecule has 0 bridgehead atoms. The zero-order valence-corrected chi connectivity index (χ0v) is 12.6.